The van der Waals surface area contributed by atoms with Crippen LogP contribution >= 0.6 is 12.2 Å². The fourth-order valence-electron chi connectivity index (χ4n) is 2.67. The predicted octanol–water partition coefficient (Wildman–Crippen LogP) is 4.26. The molecular formula is C21H25N3O3S. The Balaban J connectivity index is 2.00. The highest BCUT2D eigenvalue weighted by atomic mass is 32.1. The maximum atomic E-state index is 12.5. The average Bonchev–Trinajstić information content (AvgIpc) is 2.66. The van der Waals surface area contributed by atoms with Gasteiger partial charge in [0.05, 0.1) is 12.7 Å². The Morgan fingerprint density at radius 2 is 1.75 bits per heavy atom. The number of ether oxygens (including phenoxy) is 1. The molecule has 2 aromatic carbocycles. The summed E-state index contributed by atoms with van der Waals surface area (Å²) in [6, 6.07) is 12.5. The third kappa shape index (κ3) is 6.06. The Bertz CT molecular complexity index is 868. The fourth-order valence-corrected chi connectivity index (χ4v) is 2.88. The van der Waals surface area contributed by atoms with Crippen molar-refractivity contribution in [3.8, 4) is 5.75 Å². The summed E-state index contributed by atoms with van der Waals surface area (Å²) >= 11 is 5.24. The van der Waals surface area contributed by atoms with Crippen LogP contribution in [0.3, 0.4) is 0 Å². The van der Waals surface area contributed by atoms with Crippen molar-refractivity contribution in [3.63, 3.8) is 0 Å². The van der Waals surface area contributed by atoms with Crippen molar-refractivity contribution in [1.29, 1.82) is 0 Å². The second-order valence-electron chi connectivity index (χ2n) is 6.30. The van der Waals surface area contributed by atoms with E-state index in [0.29, 0.717) is 29.1 Å². The smallest absolute Gasteiger partial charge is 0.261 e. The number of carbonyl (C=O) groups excluding carboxylic acids is 2. The third-order valence-electron chi connectivity index (χ3n) is 4.05. The number of hydrogen-bond acceptors (Lipinski definition) is 4. The molecule has 0 fully saturated rings. The first-order valence-electron chi connectivity index (χ1n) is 9.10. The van der Waals surface area contributed by atoms with Crippen molar-refractivity contribution < 1.29 is 14.3 Å². The van der Waals surface area contributed by atoms with E-state index in [-0.39, 0.29) is 16.9 Å². The molecule has 0 aliphatic heterocycles. The highest BCUT2D eigenvalue weighted by Crippen LogP contribution is 2.23. The van der Waals surface area contributed by atoms with Gasteiger partial charge in [0, 0.05) is 17.8 Å². The lowest BCUT2D eigenvalue weighted by Crippen LogP contribution is -2.34. The number of anilines is 2. The molecule has 0 unspecified atom stereocenters. The van der Waals surface area contributed by atoms with Crippen LogP contribution in [0.4, 0.5) is 11.4 Å². The van der Waals surface area contributed by atoms with Crippen LogP contribution in [-0.4, -0.2) is 24.0 Å². The Labute approximate surface area is 170 Å². The summed E-state index contributed by atoms with van der Waals surface area (Å²) in [7, 11) is 1.52. The second kappa shape index (κ2) is 10.4. The molecule has 148 valence electrons. The average molecular weight is 400 g/mol. The normalized spacial score (nSPS) is 10.1. The van der Waals surface area contributed by atoms with Gasteiger partial charge in [0.15, 0.2) is 5.11 Å². The summed E-state index contributed by atoms with van der Waals surface area (Å²) in [5.74, 6) is 0.128. The number of nitrogens with one attached hydrogen (secondary N) is 3. The van der Waals surface area contributed by atoms with Gasteiger partial charge in [-0.15, -0.1) is 0 Å². The van der Waals surface area contributed by atoms with E-state index in [9.17, 15) is 9.59 Å². The van der Waals surface area contributed by atoms with Gasteiger partial charge in [-0.2, -0.15) is 0 Å². The van der Waals surface area contributed by atoms with Gasteiger partial charge in [-0.1, -0.05) is 31.5 Å². The maximum absolute atomic E-state index is 12.5. The number of hydrogen-bond donors (Lipinski definition) is 3. The Morgan fingerprint density at radius 1 is 1.07 bits per heavy atom. The lowest BCUT2D eigenvalue weighted by Gasteiger charge is -2.13. The highest BCUT2D eigenvalue weighted by Gasteiger charge is 2.15. The van der Waals surface area contributed by atoms with Gasteiger partial charge < -0.3 is 15.4 Å². The van der Waals surface area contributed by atoms with Crippen LogP contribution in [0.5, 0.6) is 5.75 Å². The topological polar surface area (TPSA) is 79.5 Å². The van der Waals surface area contributed by atoms with Crippen LogP contribution in [0.25, 0.3) is 0 Å². The number of rotatable bonds is 7. The molecule has 0 saturated carbocycles. The van der Waals surface area contributed by atoms with Crippen LogP contribution in [0.1, 0.15) is 42.1 Å². The molecule has 0 aliphatic carbocycles. The quantitative estimate of drug-likeness (QED) is 0.606. The number of benzene rings is 2. The van der Waals surface area contributed by atoms with E-state index in [2.05, 4.69) is 16.0 Å². The molecule has 2 rings (SSSR count). The van der Waals surface area contributed by atoms with E-state index >= 15 is 0 Å². The minimum atomic E-state index is -0.359. The molecule has 0 heterocycles. The number of aryl methyl sites for hydroxylation is 1. The molecule has 0 aromatic heterocycles. The van der Waals surface area contributed by atoms with Crippen LogP contribution < -0.4 is 20.7 Å². The van der Waals surface area contributed by atoms with E-state index in [0.717, 1.165) is 18.4 Å². The first-order chi connectivity index (χ1) is 13.4. The second-order valence-corrected chi connectivity index (χ2v) is 6.70. The third-order valence-corrected chi connectivity index (χ3v) is 4.25. The molecule has 2 amide bonds. The van der Waals surface area contributed by atoms with Gasteiger partial charge in [0.25, 0.3) is 5.91 Å². The first-order valence-corrected chi connectivity index (χ1v) is 9.51. The molecule has 2 aromatic rings. The minimum absolute atomic E-state index is 0.0265. The highest BCUT2D eigenvalue weighted by molar-refractivity contribution is 7.80. The molecule has 0 atom stereocenters. The van der Waals surface area contributed by atoms with Crippen LogP contribution in [0.2, 0.25) is 0 Å². The molecule has 6 nitrogen and oxygen atoms in total. The van der Waals surface area contributed by atoms with Crippen LogP contribution in [0.15, 0.2) is 42.5 Å². The van der Waals surface area contributed by atoms with Gasteiger partial charge in [-0.05, 0) is 55.4 Å². The number of para-hydroxylation sites is 1. The number of amides is 2. The van der Waals surface area contributed by atoms with E-state index in [1.807, 2.05) is 19.9 Å². The molecule has 0 radical (unpaired) electrons. The van der Waals surface area contributed by atoms with Gasteiger partial charge in [0.1, 0.15) is 5.75 Å². The Hall–Kier alpha value is -2.93. The Morgan fingerprint density at radius 3 is 2.43 bits per heavy atom. The first kappa shape index (κ1) is 21.4. The summed E-state index contributed by atoms with van der Waals surface area (Å²) in [4.78, 5) is 24.4. The van der Waals surface area contributed by atoms with E-state index < -0.39 is 0 Å². The monoisotopic (exact) mass is 399 g/mol. The van der Waals surface area contributed by atoms with Crippen molar-refractivity contribution in [2.45, 2.75) is 33.1 Å². The number of unbranched alkanes of at least 4 members (excludes halogenated alkanes) is 1. The maximum Gasteiger partial charge on any atom is 0.261 e. The summed E-state index contributed by atoms with van der Waals surface area (Å²) in [6.45, 7) is 3.91. The summed E-state index contributed by atoms with van der Waals surface area (Å²) in [5, 5.41) is 8.62. The summed E-state index contributed by atoms with van der Waals surface area (Å²) < 4.78 is 5.31. The lowest BCUT2D eigenvalue weighted by atomic mass is 10.1. The molecule has 0 aliphatic rings. The van der Waals surface area contributed by atoms with Crippen molar-refractivity contribution in [1.82, 2.24) is 5.32 Å². The molecule has 3 N–H and O–H groups in total. The summed E-state index contributed by atoms with van der Waals surface area (Å²) in [6.07, 6.45) is 2.30. The SMILES string of the molecule is CCCCC(=O)Nc1cccc(NC(=S)NC(=O)c2cccc(C)c2OC)c1. The van der Waals surface area contributed by atoms with Gasteiger partial charge in [-0.3, -0.25) is 14.9 Å². The number of thiocarbonyl (C=S) groups is 1. The molecule has 0 spiro atoms. The standard InChI is InChI=1S/C21H25N3O3S/c1-4-5-12-18(25)22-15-9-7-10-16(13-15)23-21(28)24-20(26)17-11-6-8-14(2)19(17)27-3/h6-11,13H,4-5,12H2,1-3H3,(H,22,25)(H2,23,24,26,28). The molecule has 7 heteroatoms. The number of methoxy groups -OCH3 is 1. The van der Waals surface area contributed by atoms with Crippen molar-refractivity contribution in [2.24, 2.45) is 0 Å². The molecular weight excluding hydrogens is 374 g/mol. The van der Waals surface area contributed by atoms with E-state index in [1.54, 1.807) is 36.4 Å². The zero-order valence-corrected chi connectivity index (χ0v) is 17.1. The lowest BCUT2D eigenvalue weighted by molar-refractivity contribution is -0.116. The van der Waals surface area contributed by atoms with E-state index in [4.69, 9.17) is 17.0 Å². The van der Waals surface area contributed by atoms with Gasteiger partial charge in [-0.25, -0.2) is 0 Å². The minimum Gasteiger partial charge on any atom is -0.496 e. The van der Waals surface area contributed by atoms with Crippen LogP contribution in [-0.2, 0) is 4.79 Å². The zero-order valence-electron chi connectivity index (χ0n) is 16.3. The molecule has 0 saturated heterocycles. The number of carbonyl (C=O) groups is 2. The van der Waals surface area contributed by atoms with Crippen LogP contribution in [0, 0.1) is 6.92 Å². The summed E-state index contributed by atoms with van der Waals surface area (Å²) in [5.41, 5.74) is 2.60. The van der Waals surface area contributed by atoms with Crippen molar-refractivity contribution in [2.75, 3.05) is 17.7 Å². The Kier molecular flexibility index (Phi) is 7.95. The van der Waals surface area contributed by atoms with Crippen molar-refractivity contribution >= 4 is 40.5 Å². The fraction of sp³-hybridized carbons (Fsp3) is 0.286. The largest absolute Gasteiger partial charge is 0.496 e. The van der Waals surface area contributed by atoms with E-state index in [1.165, 1.54) is 7.11 Å². The van der Waals surface area contributed by atoms with Crippen molar-refractivity contribution in [3.05, 3.63) is 53.6 Å². The zero-order chi connectivity index (χ0) is 20.5. The van der Waals surface area contributed by atoms with Gasteiger partial charge in [0.2, 0.25) is 5.91 Å². The molecule has 0 bridgehead atoms. The van der Waals surface area contributed by atoms with Gasteiger partial charge >= 0.3 is 0 Å². The predicted molar refractivity (Wildman–Crippen MR) is 116 cm³/mol. The molecule has 28 heavy (non-hydrogen) atoms.